The zero-order valence-corrected chi connectivity index (χ0v) is 17.6. The Bertz CT molecular complexity index is 528. The zero-order valence-electron chi connectivity index (χ0n) is 17.6. The van der Waals surface area contributed by atoms with E-state index in [1.807, 2.05) is 0 Å². The van der Waals surface area contributed by atoms with Crippen molar-refractivity contribution in [2.45, 2.75) is 97.5 Å². The summed E-state index contributed by atoms with van der Waals surface area (Å²) in [6.45, 7) is 9.87. The van der Waals surface area contributed by atoms with Gasteiger partial charge in [-0.05, 0) is 117 Å². The summed E-state index contributed by atoms with van der Waals surface area (Å²) in [6, 6.07) is 0. The molecular formula is C24H42O2. The second-order valence-electron chi connectivity index (χ2n) is 11.6. The Hall–Kier alpha value is -0.0800. The van der Waals surface area contributed by atoms with Crippen molar-refractivity contribution >= 4 is 0 Å². The highest BCUT2D eigenvalue weighted by Gasteiger charge is 2.60. The van der Waals surface area contributed by atoms with Gasteiger partial charge in [-0.2, -0.15) is 0 Å². The van der Waals surface area contributed by atoms with E-state index >= 15 is 0 Å². The van der Waals surface area contributed by atoms with Crippen molar-refractivity contribution < 1.29 is 10.2 Å². The maximum absolute atomic E-state index is 10.7. The molecule has 0 aromatic carbocycles. The van der Waals surface area contributed by atoms with Crippen molar-refractivity contribution in [3.63, 3.8) is 0 Å². The van der Waals surface area contributed by atoms with E-state index in [0.717, 1.165) is 42.4 Å². The second-order valence-corrected chi connectivity index (χ2v) is 11.6. The van der Waals surface area contributed by atoms with Crippen molar-refractivity contribution in [1.29, 1.82) is 0 Å². The third kappa shape index (κ3) is 2.81. The van der Waals surface area contributed by atoms with E-state index in [-0.39, 0.29) is 0 Å². The van der Waals surface area contributed by atoms with E-state index in [4.69, 9.17) is 0 Å². The lowest BCUT2D eigenvalue weighted by Gasteiger charge is -2.59. The molecule has 0 amide bonds. The van der Waals surface area contributed by atoms with Crippen LogP contribution in [-0.2, 0) is 0 Å². The topological polar surface area (TPSA) is 40.5 Å². The molecule has 150 valence electrons. The molecule has 0 aromatic rings. The molecule has 9 atom stereocenters. The first-order valence-corrected chi connectivity index (χ1v) is 11.5. The van der Waals surface area contributed by atoms with Crippen LogP contribution in [0, 0.1) is 46.3 Å². The largest absolute Gasteiger partial charge is 0.396 e. The Morgan fingerprint density at radius 1 is 0.808 bits per heavy atom. The Morgan fingerprint density at radius 2 is 1.54 bits per heavy atom. The fourth-order valence-electron chi connectivity index (χ4n) is 8.65. The SMILES string of the molecule is CC(CO)[C@H]1CC[C@H]2[C@@H]3CC[C@H]4CC[C@](C)(O)CC[C@]4(C)[C@H]3CC[C@]12C. The normalized spacial score (nSPS) is 55.4. The molecule has 4 aliphatic carbocycles. The van der Waals surface area contributed by atoms with E-state index in [0.29, 0.717) is 23.4 Å². The summed E-state index contributed by atoms with van der Waals surface area (Å²) in [5.74, 6) is 4.66. The predicted octanol–water partition coefficient (Wildman–Crippen LogP) is 5.41. The Kier molecular flexibility index (Phi) is 4.79. The number of fused-ring (bicyclic) bond motifs is 5. The van der Waals surface area contributed by atoms with Crippen LogP contribution in [-0.4, -0.2) is 22.4 Å². The van der Waals surface area contributed by atoms with Crippen LogP contribution < -0.4 is 0 Å². The van der Waals surface area contributed by atoms with Gasteiger partial charge in [-0.15, -0.1) is 0 Å². The van der Waals surface area contributed by atoms with Crippen LogP contribution in [0.15, 0.2) is 0 Å². The molecule has 4 rings (SSSR count). The molecule has 1 unspecified atom stereocenters. The Labute approximate surface area is 161 Å². The summed E-state index contributed by atoms with van der Waals surface area (Å²) in [7, 11) is 0. The molecule has 26 heavy (non-hydrogen) atoms. The van der Waals surface area contributed by atoms with E-state index < -0.39 is 5.60 Å². The highest BCUT2D eigenvalue weighted by molar-refractivity contribution is 5.09. The van der Waals surface area contributed by atoms with Crippen molar-refractivity contribution in [1.82, 2.24) is 0 Å². The lowest BCUT2D eigenvalue weighted by Crippen LogP contribution is -2.52. The Morgan fingerprint density at radius 3 is 2.27 bits per heavy atom. The van der Waals surface area contributed by atoms with Gasteiger partial charge in [-0.3, -0.25) is 0 Å². The lowest BCUT2D eigenvalue weighted by molar-refractivity contribution is -0.105. The third-order valence-corrected chi connectivity index (χ3v) is 10.3. The van der Waals surface area contributed by atoms with E-state index in [1.165, 1.54) is 51.4 Å². The van der Waals surface area contributed by atoms with Crippen LogP contribution in [0.1, 0.15) is 91.9 Å². The number of rotatable bonds is 2. The van der Waals surface area contributed by atoms with Gasteiger partial charge in [0.05, 0.1) is 5.60 Å². The predicted molar refractivity (Wildman–Crippen MR) is 107 cm³/mol. The van der Waals surface area contributed by atoms with Gasteiger partial charge in [0, 0.05) is 6.61 Å². The summed E-state index contributed by atoms with van der Waals surface area (Å²) in [5.41, 5.74) is 0.474. The molecule has 2 N–H and O–H groups in total. The smallest absolute Gasteiger partial charge is 0.0620 e. The molecule has 0 heterocycles. The van der Waals surface area contributed by atoms with Gasteiger partial charge in [-0.1, -0.05) is 20.8 Å². The van der Waals surface area contributed by atoms with Gasteiger partial charge < -0.3 is 10.2 Å². The molecule has 4 aliphatic rings. The van der Waals surface area contributed by atoms with Gasteiger partial charge in [-0.25, -0.2) is 0 Å². The van der Waals surface area contributed by atoms with Crippen LogP contribution in [0.5, 0.6) is 0 Å². The zero-order chi connectivity index (χ0) is 18.7. The van der Waals surface area contributed by atoms with E-state index in [2.05, 4.69) is 27.7 Å². The minimum absolute atomic E-state index is 0.357. The fraction of sp³-hybridized carbons (Fsp3) is 1.00. The summed E-state index contributed by atoms with van der Waals surface area (Å²) in [6.07, 6.45) is 12.8. The fourth-order valence-corrected chi connectivity index (χ4v) is 8.65. The standard InChI is InChI=1S/C24H42O2/c1-16(15-25)19-7-8-20-18-6-5-17-9-11-22(2,26)13-14-23(17,3)21(18)10-12-24(19,20)4/h16-21,25-26H,5-15H2,1-4H3/t16?,17-,18-,19+,20-,21-,22-,23-,24+/m0/s1. The van der Waals surface area contributed by atoms with Gasteiger partial charge in [0.1, 0.15) is 0 Å². The van der Waals surface area contributed by atoms with Gasteiger partial charge >= 0.3 is 0 Å². The molecule has 0 saturated heterocycles. The van der Waals surface area contributed by atoms with Crippen LogP contribution in [0.2, 0.25) is 0 Å². The quantitative estimate of drug-likeness (QED) is 0.689. The van der Waals surface area contributed by atoms with Gasteiger partial charge in [0.15, 0.2) is 0 Å². The van der Waals surface area contributed by atoms with Gasteiger partial charge in [0.25, 0.3) is 0 Å². The number of aliphatic hydroxyl groups is 2. The number of aliphatic hydroxyl groups excluding tert-OH is 1. The van der Waals surface area contributed by atoms with Crippen molar-refractivity contribution in [3.05, 3.63) is 0 Å². The molecule has 4 saturated carbocycles. The first-order chi connectivity index (χ1) is 12.2. The first-order valence-electron chi connectivity index (χ1n) is 11.5. The van der Waals surface area contributed by atoms with Crippen LogP contribution in [0.4, 0.5) is 0 Å². The maximum atomic E-state index is 10.7. The van der Waals surface area contributed by atoms with Crippen molar-refractivity contribution in [2.75, 3.05) is 6.61 Å². The summed E-state index contributed by atoms with van der Waals surface area (Å²) in [5, 5.41) is 20.5. The first kappa shape index (κ1) is 19.2. The molecule has 0 spiro atoms. The molecule has 0 aliphatic heterocycles. The maximum Gasteiger partial charge on any atom is 0.0620 e. The average molecular weight is 363 g/mol. The van der Waals surface area contributed by atoms with E-state index in [1.54, 1.807) is 0 Å². The minimum atomic E-state index is -0.436. The number of hydrogen-bond donors (Lipinski definition) is 2. The van der Waals surface area contributed by atoms with Gasteiger partial charge in [0.2, 0.25) is 0 Å². The van der Waals surface area contributed by atoms with Crippen LogP contribution in [0.25, 0.3) is 0 Å². The highest BCUT2D eigenvalue weighted by Crippen LogP contribution is 2.68. The molecule has 0 bridgehead atoms. The Balaban J connectivity index is 1.59. The summed E-state index contributed by atoms with van der Waals surface area (Å²) < 4.78 is 0. The minimum Gasteiger partial charge on any atom is -0.396 e. The molecule has 2 nitrogen and oxygen atoms in total. The molecular weight excluding hydrogens is 320 g/mol. The summed E-state index contributed by atoms with van der Waals surface area (Å²) >= 11 is 0. The number of hydrogen-bond acceptors (Lipinski definition) is 2. The monoisotopic (exact) mass is 362 g/mol. The van der Waals surface area contributed by atoms with Crippen molar-refractivity contribution in [2.24, 2.45) is 46.3 Å². The van der Waals surface area contributed by atoms with Crippen LogP contribution in [0.3, 0.4) is 0 Å². The third-order valence-electron chi connectivity index (χ3n) is 10.3. The highest BCUT2D eigenvalue weighted by atomic mass is 16.3. The molecule has 4 fully saturated rings. The second kappa shape index (κ2) is 6.48. The van der Waals surface area contributed by atoms with Crippen molar-refractivity contribution in [3.8, 4) is 0 Å². The van der Waals surface area contributed by atoms with Crippen LogP contribution >= 0.6 is 0 Å². The lowest BCUT2D eigenvalue weighted by atomic mass is 9.46. The molecule has 2 heteroatoms. The molecule has 0 aromatic heterocycles. The average Bonchev–Trinajstić information content (AvgIpc) is 2.90. The summed E-state index contributed by atoms with van der Waals surface area (Å²) in [4.78, 5) is 0. The van der Waals surface area contributed by atoms with E-state index in [9.17, 15) is 10.2 Å². The molecule has 0 radical (unpaired) electrons.